The lowest BCUT2D eigenvalue weighted by molar-refractivity contribution is 0.0204. The average Bonchev–Trinajstić information content (AvgIpc) is 3.10. The summed E-state index contributed by atoms with van der Waals surface area (Å²) >= 11 is 6.16. The van der Waals surface area contributed by atoms with E-state index in [9.17, 15) is 4.79 Å². The number of nitrogens with zero attached hydrogens (tertiary/aromatic N) is 3. The molecule has 1 aliphatic heterocycles. The van der Waals surface area contributed by atoms with Crippen molar-refractivity contribution >= 4 is 17.5 Å². The van der Waals surface area contributed by atoms with Crippen LogP contribution in [0, 0.1) is 0 Å². The predicted octanol–water partition coefficient (Wildman–Crippen LogP) is 1.98. The van der Waals surface area contributed by atoms with Gasteiger partial charge in [-0.2, -0.15) is 5.10 Å². The first-order valence-electron chi connectivity index (χ1n) is 8.06. The van der Waals surface area contributed by atoms with Gasteiger partial charge in [-0.1, -0.05) is 23.7 Å². The van der Waals surface area contributed by atoms with Crippen molar-refractivity contribution in [2.45, 2.75) is 13.0 Å². The van der Waals surface area contributed by atoms with E-state index in [2.05, 4.69) is 22.2 Å². The standard InChI is InChI=1S/C17H21ClN4O2/c1-13(21-8-10-24-11-9-21)12-19-17(23)15-6-7-22(20-15)16-5-3-2-4-14(16)18/h2-7,13H,8-12H2,1H3,(H,19,23). The molecule has 1 fully saturated rings. The molecule has 0 aliphatic carbocycles. The molecule has 1 atom stereocenters. The number of carbonyl (C=O) groups excluding carboxylic acids is 1. The quantitative estimate of drug-likeness (QED) is 0.897. The molecule has 0 spiro atoms. The van der Waals surface area contributed by atoms with Crippen molar-refractivity contribution in [2.75, 3.05) is 32.8 Å². The number of hydrogen-bond acceptors (Lipinski definition) is 4. The molecular formula is C17H21ClN4O2. The average molecular weight is 349 g/mol. The number of nitrogens with one attached hydrogen (secondary N) is 1. The van der Waals surface area contributed by atoms with E-state index in [-0.39, 0.29) is 11.9 Å². The van der Waals surface area contributed by atoms with Gasteiger partial charge in [-0.15, -0.1) is 0 Å². The van der Waals surface area contributed by atoms with Crippen LogP contribution in [0.25, 0.3) is 5.69 Å². The third-order valence-corrected chi connectivity index (χ3v) is 4.47. The summed E-state index contributed by atoms with van der Waals surface area (Å²) in [6.07, 6.45) is 1.74. The second kappa shape index (κ2) is 7.79. The molecule has 2 heterocycles. The van der Waals surface area contributed by atoms with Crippen LogP contribution >= 0.6 is 11.6 Å². The van der Waals surface area contributed by atoms with Gasteiger partial charge in [0.25, 0.3) is 5.91 Å². The molecule has 1 aliphatic rings. The van der Waals surface area contributed by atoms with E-state index in [0.717, 1.165) is 32.0 Å². The molecule has 2 aromatic rings. The molecule has 0 bridgehead atoms. The van der Waals surface area contributed by atoms with Gasteiger partial charge < -0.3 is 10.1 Å². The number of morpholine rings is 1. The van der Waals surface area contributed by atoms with Crippen LogP contribution in [0.15, 0.2) is 36.5 Å². The number of aromatic nitrogens is 2. The Hall–Kier alpha value is -1.89. The summed E-state index contributed by atoms with van der Waals surface area (Å²) in [7, 11) is 0. The minimum Gasteiger partial charge on any atom is -0.379 e. The fourth-order valence-corrected chi connectivity index (χ4v) is 2.92. The van der Waals surface area contributed by atoms with E-state index in [0.29, 0.717) is 17.3 Å². The first kappa shape index (κ1) is 17.0. The maximum atomic E-state index is 12.3. The van der Waals surface area contributed by atoms with Crippen molar-refractivity contribution in [2.24, 2.45) is 0 Å². The molecule has 7 heteroatoms. The van der Waals surface area contributed by atoms with E-state index in [1.54, 1.807) is 23.0 Å². The molecule has 1 unspecified atom stereocenters. The first-order valence-corrected chi connectivity index (χ1v) is 8.43. The highest BCUT2D eigenvalue weighted by Gasteiger charge is 2.18. The SMILES string of the molecule is CC(CNC(=O)c1ccn(-c2ccccc2Cl)n1)N1CCOCC1. The Morgan fingerprint density at radius 1 is 1.33 bits per heavy atom. The number of carbonyl (C=O) groups is 1. The van der Waals surface area contributed by atoms with Crippen LogP contribution in [-0.4, -0.2) is 59.5 Å². The van der Waals surface area contributed by atoms with E-state index in [1.165, 1.54) is 0 Å². The van der Waals surface area contributed by atoms with Crippen LogP contribution in [0.5, 0.6) is 0 Å². The second-order valence-electron chi connectivity index (χ2n) is 5.80. The number of para-hydroxylation sites is 1. The van der Waals surface area contributed by atoms with E-state index in [4.69, 9.17) is 16.3 Å². The second-order valence-corrected chi connectivity index (χ2v) is 6.21. The highest BCUT2D eigenvalue weighted by Crippen LogP contribution is 2.19. The van der Waals surface area contributed by atoms with Gasteiger partial charge in [0.15, 0.2) is 5.69 Å². The minimum absolute atomic E-state index is 0.180. The van der Waals surface area contributed by atoms with Gasteiger partial charge in [0.1, 0.15) is 0 Å². The van der Waals surface area contributed by atoms with Crippen LogP contribution < -0.4 is 5.32 Å². The maximum Gasteiger partial charge on any atom is 0.271 e. The Kier molecular flexibility index (Phi) is 5.50. The number of rotatable bonds is 5. The molecule has 128 valence electrons. The lowest BCUT2D eigenvalue weighted by atomic mass is 10.2. The van der Waals surface area contributed by atoms with Gasteiger partial charge in [0.2, 0.25) is 0 Å². The van der Waals surface area contributed by atoms with Gasteiger partial charge in [0, 0.05) is 31.9 Å². The fraction of sp³-hybridized carbons (Fsp3) is 0.412. The summed E-state index contributed by atoms with van der Waals surface area (Å²) < 4.78 is 6.96. The number of benzene rings is 1. The normalized spacial score (nSPS) is 16.8. The molecule has 1 aromatic carbocycles. The van der Waals surface area contributed by atoms with E-state index in [1.807, 2.05) is 18.2 Å². The topological polar surface area (TPSA) is 59.4 Å². The smallest absolute Gasteiger partial charge is 0.271 e. The maximum absolute atomic E-state index is 12.3. The van der Waals surface area contributed by atoms with Gasteiger partial charge in [0.05, 0.1) is 23.9 Å². The molecule has 3 rings (SSSR count). The summed E-state index contributed by atoms with van der Waals surface area (Å²) in [6, 6.07) is 9.35. The zero-order valence-corrected chi connectivity index (χ0v) is 14.4. The lowest BCUT2D eigenvalue weighted by Crippen LogP contribution is -2.47. The Balaban J connectivity index is 1.59. The van der Waals surface area contributed by atoms with Crippen molar-refractivity contribution in [1.82, 2.24) is 20.0 Å². The van der Waals surface area contributed by atoms with Crippen molar-refractivity contribution < 1.29 is 9.53 Å². The molecule has 24 heavy (non-hydrogen) atoms. The molecule has 1 N–H and O–H groups in total. The van der Waals surface area contributed by atoms with E-state index >= 15 is 0 Å². The molecule has 0 saturated carbocycles. The third-order valence-electron chi connectivity index (χ3n) is 4.15. The van der Waals surface area contributed by atoms with Gasteiger partial charge in [-0.25, -0.2) is 4.68 Å². The summed E-state index contributed by atoms with van der Waals surface area (Å²) in [4.78, 5) is 14.6. The highest BCUT2D eigenvalue weighted by molar-refractivity contribution is 6.32. The summed E-state index contributed by atoms with van der Waals surface area (Å²) in [5, 5.41) is 7.85. The van der Waals surface area contributed by atoms with Crippen LogP contribution in [0.1, 0.15) is 17.4 Å². The Labute approximate surface area is 146 Å². The predicted molar refractivity (Wildman–Crippen MR) is 92.8 cm³/mol. The molecule has 1 amide bonds. The Bertz CT molecular complexity index is 697. The van der Waals surface area contributed by atoms with Crippen molar-refractivity contribution in [3.8, 4) is 5.69 Å². The van der Waals surface area contributed by atoms with Crippen molar-refractivity contribution in [1.29, 1.82) is 0 Å². The summed E-state index contributed by atoms with van der Waals surface area (Å²) in [5.41, 5.74) is 1.13. The zero-order chi connectivity index (χ0) is 16.9. The van der Waals surface area contributed by atoms with Gasteiger partial charge in [-0.3, -0.25) is 9.69 Å². The van der Waals surface area contributed by atoms with Gasteiger partial charge >= 0.3 is 0 Å². The number of ether oxygens (including phenoxy) is 1. The molecular weight excluding hydrogens is 328 g/mol. The highest BCUT2D eigenvalue weighted by atomic mass is 35.5. The van der Waals surface area contributed by atoms with Crippen LogP contribution in [0.2, 0.25) is 5.02 Å². The lowest BCUT2D eigenvalue weighted by Gasteiger charge is -2.32. The van der Waals surface area contributed by atoms with Crippen molar-refractivity contribution in [3.63, 3.8) is 0 Å². The van der Waals surface area contributed by atoms with E-state index < -0.39 is 0 Å². The minimum atomic E-state index is -0.180. The Morgan fingerprint density at radius 3 is 2.83 bits per heavy atom. The third kappa shape index (κ3) is 3.95. The summed E-state index contributed by atoms with van der Waals surface area (Å²) in [5.74, 6) is -0.180. The first-order chi connectivity index (χ1) is 11.6. The van der Waals surface area contributed by atoms with Crippen LogP contribution in [-0.2, 0) is 4.74 Å². The zero-order valence-electron chi connectivity index (χ0n) is 13.6. The number of hydrogen-bond donors (Lipinski definition) is 1. The number of halogens is 1. The molecule has 6 nitrogen and oxygen atoms in total. The van der Waals surface area contributed by atoms with Gasteiger partial charge in [-0.05, 0) is 25.1 Å². The van der Waals surface area contributed by atoms with Crippen LogP contribution in [0.4, 0.5) is 0 Å². The molecule has 0 radical (unpaired) electrons. The molecule has 1 aromatic heterocycles. The fourth-order valence-electron chi connectivity index (χ4n) is 2.70. The molecule has 1 saturated heterocycles. The largest absolute Gasteiger partial charge is 0.379 e. The monoisotopic (exact) mass is 348 g/mol. The van der Waals surface area contributed by atoms with Crippen molar-refractivity contribution in [3.05, 3.63) is 47.2 Å². The number of amides is 1. The van der Waals surface area contributed by atoms with Crippen LogP contribution in [0.3, 0.4) is 0 Å². The summed E-state index contributed by atoms with van der Waals surface area (Å²) in [6.45, 7) is 5.99. The Morgan fingerprint density at radius 2 is 2.08 bits per heavy atom.